The molecule has 7 nitrogen and oxygen atoms in total. The van der Waals surface area contributed by atoms with Crippen molar-refractivity contribution < 1.29 is 27.8 Å². The van der Waals surface area contributed by atoms with Crippen LogP contribution in [0.25, 0.3) is 0 Å². The summed E-state index contributed by atoms with van der Waals surface area (Å²) in [5.41, 5.74) is 6.15. The van der Waals surface area contributed by atoms with E-state index in [1.165, 1.54) is 28.4 Å². The summed E-state index contributed by atoms with van der Waals surface area (Å²) in [7, 11) is 1.56. The first kappa shape index (κ1) is 18.3. The van der Waals surface area contributed by atoms with Crippen molar-refractivity contribution >= 4 is 17.2 Å². The fourth-order valence-corrected chi connectivity index (χ4v) is 3.25. The van der Waals surface area contributed by atoms with Gasteiger partial charge in [0.1, 0.15) is 11.4 Å². The highest BCUT2D eigenvalue weighted by molar-refractivity contribution is 7.09. The Hall–Kier alpha value is -2.46. The molecule has 2 aromatic rings. The number of carbonyl (C=O) groups is 1. The molecule has 0 fully saturated rings. The van der Waals surface area contributed by atoms with Gasteiger partial charge in [-0.05, 0) is 12.6 Å². The van der Waals surface area contributed by atoms with E-state index in [1.54, 1.807) is 12.4 Å². The van der Waals surface area contributed by atoms with Crippen LogP contribution in [0.15, 0.2) is 17.5 Å². The molecule has 0 bridgehead atoms. The summed E-state index contributed by atoms with van der Waals surface area (Å²) < 4.78 is 40.4. The van der Waals surface area contributed by atoms with Crippen molar-refractivity contribution in [2.45, 2.75) is 19.6 Å². The lowest BCUT2D eigenvalue weighted by Gasteiger charge is -2.19. The SMILES string of the molecule is CN(Cc1cc2c(cc1OC(F)F)OCO2)C(=O)c1csc(CCN)n1. The molecule has 0 radical (unpaired) electrons. The van der Waals surface area contributed by atoms with E-state index in [-0.39, 0.29) is 30.7 Å². The zero-order chi connectivity index (χ0) is 18.7. The molecule has 26 heavy (non-hydrogen) atoms. The molecule has 2 N–H and O–H groups in total. The van der Waals surface area contributed by atoms with E-state index in [9.17, 15) is 13.6 Å². The Labute approximate surface area is 152 Å². The van der Waals surface area contributed by atoms with E-state index in [2.05, 4.69) is 9.72 Å². The molecule has 1 aromatic carbocycles. The molecule has 0 saturated heterocycles. The lowest BCUT2D eigenvalue weighted by atomic mass is 10.1. The number of ether oxygens (including phenoxy) is 3. The second kappa shape index (κ2) is 7.83. The fraction of sp³-hybridized carbons (Fsp3) is 0.375. The predicted molar refractivity (Wildman–Crippen MR) is 89.9 cm³/mol. The summed E-state index contributed by atoms with van der Waals surface area (Å²) in [5, 5.41) is 2.43. The minimum absolute atomic E-state index is 0.00438. The molecule has 0 spiro atoms. The number of nitrogens with two attached hydrogens (primary N) is 1. The van der Waals surface area contributed by atoms with Gasteiger partial charge in [0.2, 0.25) is 6.79 Å². The number of halogens is 2. The largest absolute Gasteiger partial charge is 0.454 e. The summed E-state index contributed by atoms with van der Waals surface area (Å²) in [4.78, 5) is 18.1. The predicted octanol–water partition coefficient (Wildman–Crippen LogP) is 2.25. The lowest BCUT2D eigenvalue weighted by Crippen LogP contribution is -2.27. The Balaban J connectivity index is 1.79. The van der Waals surface area contributed by atoms with E-state index in [0.29, 0.717) is 30.0 Å². The molecule has 0 saturated carbocycles. The summed E-state index contributed by atoms with van der Waals surface area (Å²) in [6.45, 7) is -2.50. The number of nitrogens with zero attached hydrogens (tertiary/aromatic N) is 2. The number of fused-ring (bicyclic) bond motifs is 1. The van der Waals surface area contributed by atoms with E-state index >= 15 is 0 Å². The summed E-state index contributed by atoms with van der Waals surface area (Å²) >= 11 is 1.36. The Morgan fingerprint density at radius 3 is 2.85 bits per heavy atom. The molecule has 1 aliphatic rings. The van der Waals surface area contributed by atoms with Crippen molar-refractivity contribution in [2.24, 2.45) is 5.73 Å². The van der Waals surface area contributed by atoms with Crippen molar-refractivity contribution in [3.8, 4) is 17.2 Å². The molecule has 0 unspecified atom stereocenters. The number of alkyl halides is 2. The molecule has 0 aliphatic carbocycles. The van der Waals surface area contributed by atoms with Gasteiger partial charge in [0.25, 0.3) is 5.91 Å². The molecule has 1 aromatic heterocycles. The Bertz CT molecular complexity index is 800. The van der Waals surface area contributed by atoms with Crippen LogP contribution in [0.4, 0.5) is 8.78 Å². The summed E-state index contributed by atoms with van der Waals surface area (Å²) in [6.07, 6.45) is 0.593. The number of benzene rings is 1. The van der Waals surface area contributed by atoms with Crippen molar-refractivity contribution in [1.82, 2.24) is 9.88 Å². The average molecular weight is 385 g/mol. The number of hydrogen-bond acceptors (Lipinski definition) is 7. The zero-order valence-corrected chi connectivity index (χ0v) is 14.7. The molecular weight excluding hydrogens is 368 g/mol. The van der Waals surface area contributed by atoms with E-state index in [0.717, 1.165) is 5.01 Å². The number of hydrogen-bond donors (Lipinski definition) is 1. The molecule has 1 aliphatic heterocycles. The smallest absolute Gasteiger partial charge is 0.387 e. The third kappa shape index (κ3) is 4.02. The number of amides is 1. The van der Waals surface area contributed by atoms with Crippen LogP contribution in [-0.2, 0) is 13.0 Å². The van der Waals surface area contributed by atoms with E-state index in [1.807, 2.05) is 0 Å². The number of aromatic nitrogens is 1. The highest BCUT2D eigenvalue weighted by Crippen LogP contribution is 2.39. The minimum Gasteiger partial charge on any atom is -0.454 e. The summed E-state index contributed by atoms with van der Waals surface area (Å²) in [5.74, 6) is 0.349. The zero-order valence-electron chi connectivity index (χ0n) is 13.9. The minimum atomic E-state index is -2.99. The van der Waals surface area contributed by atoms with Gasteiger partial charge < -0.3 is 24.8 Å². The van der Waals surface area contributed by atoms with Gasteiger partial charge in [-0.2, -0.15) is 8.78 Å². The van der Waals surface area contributed by atoms with Crippen LogP contribution in [0, 0.1) is 0 Å². The van der Waals surface area contributed by atoms with Crippen LogP contribution in [0.3, 0.4) is 0 Å². The number of rotatable bonds is 7. The quantitative estimate of drug-likeness (QED) is 0.787. The second-order valence-electron chi connectivity index (χ2n) is 5.52. The van der Waals surface area contributed by atoms with Gasteiger partial charge in [-0.3, -0.25) is 4.79 Å². The normalized spacial score (nSPS) is 12.5. The maximum atomic E-state index is 12.7. The first-order valence-electron chi connectivity index (χ1n) is 7.75. The van der Waals surface area contributed by atoms with Crippen molar-refractivity contribution in [1.29, 1.82) is 0 Å². The van der Waals surface area contributed by atoms with Crippen molar-refractivity contribution in [2.75, 3.05) is 20.4 Å². The highest BCUT2D eigenvalue weighted by atomic mass is 32.1. The highest BCUT2D eigenvalue weighted by Gasteiger charge is 2.23. The molecule has 1 amide bonds. The molecule has 10 heteroatoms. The maximum absolute atomic E-state index is 12.7. The van der Waals surface area contributed by atoms with Gasteiger partial charge in [0.05, 0.1) is 5.01 Å². The van der Waals surface area contributed by atoms with Gasteiger partial charge in [-0.15, -0.1) is 11.3 Å². The van der Waals surface area contributed by atoms with Gasteiger partial charge >= 0.3 is 6.61 Å². The Kier molecular flexibility index (Phi) is 5.52. The van der Waals surface area contributed by atoms with Crippen molar-refractivity contribution in [3.05, 3.63) is 33.8 Å². The van der Waals surface area contributed by atoms with Crippen LogP contribution >= 0.6 is 11.3 Å². The van der Waals surface area contributed by atoms with Crippen molar-refractivity contribution in [3.63, 3.8) is 0 Å². The first-order chi connectivity index (χ1) is 12.5. The first-order valence-corrected chi connectivity index (χ1v) is 8.63. The van der Waals surface area contributed by atoms with Crippen LogP contribution in [0.2, 0.25) is 0 Å². The van der Waals surface area contributed by atoms with Crippen LogP contribution < -0.4 is 19.9 Å². The Morgan fingerprint density at radius 1 is 1.42 bits per heavy atom. The summed E-state index contributed by atoms with van der Waals surface area (Å²) in [6, 6.07) is 2.87. The average Bonchev–Trinajstić information content (AvgIpc) is 3.23. The monoisotopic (exact) mass is 385 g/mol. The van der Waals surface area contributed by atoms with Crippen LogP contribution in [0.5, 0.6) is 17.2 Å². The van der Waals surface area contributed by atoms with Gasteiger partial charge in [-0.1, -0.05) is 0 Å². The molecule has 2 heterocycles. The van der Waals surface area contributed by atoms with E-state index in [4.69, 9.17) is 15.2 Å². The standard InChI is InChI=1S/C16H17F2N3O4S/c1-21(15(22)10-7-26-14(20-10)2-3-19)6-9-4-12-13(24-8-23-12)5-11(9)25-16(17)18/h4-5,7,16H,2-3,6,8,19H2,1H3. The molecule has 140 valence electrons. The Morgan fingerprint density at radius 2 is 2.15 bits per heavy atom. The van der Waals surface area contributed by atoms with Gasteiger partial charge in [0, 0.05) is 37.0 Å². The molecular formula is C16H17F2N3O4S. The maximum Gasteiger partial charge on any atom is 0.387 e. The van der Waals surface area contributed by atoms with Crippen LogP contribution in [-0.4, -0.2) is 42.8 Å². The van der Waals surface area contributed by atoms with Gasteiger partial charge in [-0.25, -0.2) is 4.98 Å². The topological polar surface area (TPSA) is 86.9 Å². The second-order valence-corrected chi connectivity index (χ2v) is 6.46. The van der Waals surface area contributed by atoms with E-state index < -0.39 is 6.61 Å². The molecule has 0 atom stereocenters. The fourth-order valence-electron chi connectivity index (χ4n) is 2.46. The number of thiazole rings is 1. The lowest BCUT2D eigenvalue weighted by molar-refractivity contribution is -0.0507. The third-order valence-corrected chi connectivity index (χ3v) is 4.56. The third-order valence-electron chi connectivity index (χ3n) is 3.66. The molecule has 3 rings (SSSR count). The van der Waals surface area contributed by atoms with Gasteiger partial charge in [0.15, 0.2) is 11.5 Å². The number of carbonyl (C=O) groups excluding carboxylic acids is 1. The van der Waals surface area contributed by atoms with Crippen LogP contribution in [0.1, 0.15) is 21.1 Å².